The zero-order chi connectivity index (χ0) is 13.0. The number of pyridine rings is 1. The molecule has 0 amide bonds. The van der Waals surface area contributed by atoms with Crippen molar-refractivity contribution in [2.24, 2.45) is 11.7 Å². The maximum absolute atomic E-state index is 5.91. The van der Waals surface area contributed by atoms with Crippen molar-refractivity contribution in [3.05, 3.63) is 22.9 Å². The van der Waals surface area contributed by atoms with Crippen LogP contribution < -0.4 is 10.5 Å². The summed E-state index contributed by atoms with van der Waals surface area (Å²) in [6, 6.07) is 2.19. The molecule has 0 radical (unpaired) electrons. The Morgan fingerprint density at radius 2 is 2.11 bits per heavy atom. The van der Waals surface area contributed by atoms with Crippen LogP contribution in [0.25, 0.3) is 0 Å². The van der Waals surface area contributed by atoms with E-state index in [0.717, 1.165) is 43.7 Å². The summed E-state index contributed by atoms with van der Waals surface area (Å²) in [5.41, 5.74) is 9.43. The Balaban J connectivity index is 2.11. The molecule has 1 heterocycles. The highest BCUT2D eigenvalue weighted by molar-refractivity contribution is 5.36. The Morgan fingerprint density at radius 3 is 2.78 bits per heavy atom. The van der Waals surface area contributed by atoms with E-state index in [1.54, 1.807) is 0 Å². The molecule has 1 aromatic heterocycles. The van der Waals surface area contributed by atoms with Gasteiger partial charge in [0.25, 0.3) is 0 Å². The summed E-state index contributed by atoms with van der Waals surface area (Å²) < 4.78 is 5.91. The van der Waals surface area contributed by atoms with Crippen molar-refractivity contribution in [1.29, 1.82) is 0 Å². The van der Waals surface area contributed by atoms with E-state index in [9.17, 15) is 0 Å². The van der Waals surface area contributed by atoms with Gasteiger partial charge in [-0.25, -0.2) is 4.98 Å². The molecule has 1 aromatic rings. The van der Waals surface area contributed by atoms with Crippen molar-refractivity contribution < 1.29 is 4.74 Å². The molecule has 0 atom stereocenters. The fraction of sp³-hybridized carbons (Fsp3) is 0.667. The molecule has 0 fully saturated rings. The van der Waals surface area contributed by atoms with Gasteiger partial charge in [-0.1, -0.05) is 26.7 Å². The molecule has 0 spiro atoms. The van der Waals surface area contributed by atoms with Crippen LogP contribution in [0.3, 0.4) is 0 Å². The van der Waals surface area contributed by atoms with E-state index in [0.29, 0.717) is 12.5 Å². The van der Waals surface area contributed by atoms with E-state index in [1.165, 1.54) is 17.7 Å². The van der Waals surface area contributed by atoms with E-state index in [4.69, 9.17) is 10.5 Å². The van der Waals surface area contributed by atoms with Gasteiger partial charge < -0.3 is 10.5 Å². The lowest BCUT2D eigenvalue weighted by Gasteiger charge is -2.16. The molecule has 0 aromatic carbocycles. The minimum Gasteiger partial charge on any atom is -0.477 e. The molecule has 2 N–H and O–H groups in total. The minimum absolute atomic E-state index is 0.512. The van der Waals surface area contributed by atoms with Crippen LogP contribution in [0.5, 0.6) is 5.88 Å². The molecule has 0 bridgehead atoms. The molecular formula is C15H24N2O. The first kappa shape index (κ1) is 13.3. The molecule has 2 rings (SSSR count). The second-order valence-electron chi connectivity index (χ2n) is 5.11. The van der Waals surface area contributed by atoms with Crippen LogP contribution in [-0.4, -0.2) is 11.6 Å². The first-order valence-corrected chi connectivity index (χ1v) is 7.13. The summed E-state index contributed by atoms with van der Waals surface area (Å²) in [6.45, 7) is 5.68. The highest BCUT2D eigenvalue weighted by atomic mass is 16.5. The Kier molecular flexibility index (Phi) is 4.59. The van der Waals surface area contributed by atoms with Gasteiger partial charge in [0, 0.05) is 17.8 Å². The van der Waals surface area contributed by atoms with E-state index in [-0.39, 0.29) is 0 Å². The van der Waals surface area contributed by atoms with Gasteiger partial charge in [-0.15, -0.1) is 0 Å². The number of aryl methyl sites for hydroxylation is 2. The van der Waals surface area contributed by atoms with Crippen LogP contribution in [0.2, 0.25) is 0 Å². The number of hydrogen-bond acceptors (Lipinski definition) is 3. The molecule has 100 valence electrons. The van der Waals surface area contributed by atoms with E-state index in [2.05, 4.69) is 24.9 Å². The van der Waals surface area contributed by atoms with E-state index in [1.807, 2.05) is 0 Å². The smallest absolute Gasteiger partial charge is 0.218 e. The predicted octanol–water partition coefficient (Wildman–Crippen LogP) is 2.84. The maximum Gasteiger partial charge on any atom is 0.218 e. The third-order valence-electron chi connectivity index (χ3n) is 3.92. The molecule has 18 heavy (non-hydrogen) atoms. The summed E-state index contributed by atoms with van der Waals surface area (Å²) in [4.78, 5) is 4.66. The van der Waals surface area contributed by atoms with Crippen LogP contribution in [0, 0.1) is 5.92 Å². The molecule has 0 saturated heterocycles. The number of fused-ring (bicyclic) bond motifs is 1. The molecule has 3 heteroatoms. The standard InChI is InChI=1S/C15H24N2O/c1-3-11(4-2)10-18-15-13(9-16)8-12-6-5-7-14(12)17-15/h8,11H,3-7,9-10,16H2,1-2H3. The van der Waals surface area contributed by atoms with Gasteiger partial charge in [-0.3, -0.25) is 0 Å². The fourth-order valence-corrected chi connectivity index (χ4v) is 2.49. The summed E-state index contributed by atoms with van der Waals surface area (Å²) in [7, 11) is 0. The van der Waals surface area contributed by atoms with Crippen molar-refractivity contribution in [2.75, 3.05) is 6.61 Å². The van der Waals surface area contributed by atoms with Gasteiger partial charge in [-0.2, -0.15) is 0 Å². The van der Waals surface area contributed by atoms with Gasteiger partial charge in [0.15, 0.2) is 0 Å². The van der Waals surface area contributed by atoms with Gasteiger partial charge >= 0.3 is 0 Å². The highest BCUT2D eigenvalue weighted by Gasteiger charge is 2.17. The SMILES string of the molecule is CCC(CC)COc1nc2c(cc1CN)CCC2. The van der Waals surface area contributed by atoms with Crippen LogP contribution in [0.1, 0.15) is 49.9 Å². The number of nitrogens with zero attached hydrogens (tertiary/aromatic N) is 1. The van der Waals surface area contributed by atoms with Gasteiger partial charge in [-0.05, 0) is 36.8 Å². The monoisotopic (exact) mass is 248 g/mol. The lowest BCUT2D eigenvalue weighted by atomic mass is 10.1. The van der Waals surface area contributed by atoms with Crippen molar-refractivity contribution in [2.45, 2.75) is 52.5 Å². The maximum atomic E-state index is 5.91. The number of rotatable bonds is 6. The summed E-state index contributed by atoms with van der Waals surface area (Å²) >= 11 is 0. The number of nitrogens with two attached hydrogens (primary N) is 1. The Hall–Kier alpha value is -1.09. The van der Waals surface area contributed by atoms with Crippen LogP contribution in [0.15, 0.2) is 6.07 Å². The van der Waals surface area contributed by atoms with Gasteiger partial charge in [0.2, 0.25) is 5.88 Å². The van der Waals surface area contributed by atoms with E-state index < -0.39 is 0 Å². The zero-order valence-electron chi connectivity index (χ0n) is 11.5. The number of aromatic nitrogens is 1. The molecule has 1 aliphatic carbocycles. The highest BCUT2D eigenvalue weighted by Crippen LogP contribution is 2.26. The lowest BCUT2D eigenvalue weighted by Crippen LogP contribution is -2.13. The predicted molar refractivity (Wildman–Crippen MR) is 73.7 cm³/mol. The molecule has 0 unspecified atom stereocenters. The van der Waals surface area contributed by atoms with Crippen molar-refractivity contribution in [3.63, 3.8) is 0 Å². The van der Waals surface area contributed by atoms with Crippen molar-refractivity contribution in [1.82, 2.24) is 4.98 Å². The normalized spacial score (nSPS) is 14.0. The lowest BCUT2D eigenvalue weighted by molar-refractivity contribution is 0.230. The minimum atomic E-state index is 0.512. The van der Waals surface area contributed by atoms with Crippen LogP contribution in [0.4, 0.5) is 0 Å². The van der Waals surface area contributed by atoms with Crippen LogP contribution >= 0.6 is 0 Å². The Morgan fingerprint density at radius 1 is 1.33 bits per heavy atom. The molecule has 1 aliphatic rings. The second-order valence-corrected chi connectivity index (χ2v) is 5.11. The topological polar surface area (TPSA) is 48.1 Å². The Labute approximate surface area is 110 Å². The van der Waals surface area contributed by atoms with Crippen molar-refractivity contribution >= 4 is 0 Å². The zero-order valence-corrected chi connectivity index (χ0v) is 11.5. The Bertz CT molecular complexity index is 400. The fourth-order valence-electron chi connectivity index (χ4n) is 2.49. The average molecular weight is 248 g/mol. The first-order chi connectivity index (χ1) is 8.78. The molecular weight excluding hydrogens is 224 g/mol. The van der Waals surface area contributed by atoms with Crippen LogP contribution in [-0.2, 0) is 19.4 Å². The molecule has 0 aliphatic heterocycles. The first-order valence-electron chi connectivity index (χ1n) is 7.13. The van der Waals surface area contributed by atoms with E-state index >= 15 is 0 Å². The third kappa shape index (κ3) is 2.83. The number of ether oxygens (including phenoxy) is 1. The summed E-state index contributed by atoms with van der Waals surface area (Å²) in [6.07, 6.45) is 5.74. The molecule has 3 nitrogen and oxygen atoms in total. The quantitative estimate of drug-likeness (QED) is 0.842. The largest absolute Gasteiger partial charge is 0.477 e. The molecule has 0 saturated carbocycles. The third-order valence-corrected chi connectivity index (χ3v) is 3.92. The summed E-state index contributed by atoms with van der Waals surface area (Å²) in [5.74, 6) is 1.38. The van der Waals surface area contributed by atoms with Gasteiger partial charge in [0.1, 0.15) is 0 Å². The second kappa shape index (κ2) is 6.19. The van der Waals surface area contributed by atoms with Crippen molar-refractivity contribution in [3.8, 4) is 5.88 Å². The number of hydrogen-bond donors (Lipinski definition) is 1. The average Bonchev–Trinajstić information content (AvgIpc) is 2.85. The summed E-state index contributed by atoms with van der Waals surface area (Å²) in [5, 5.41) is 0. The van der Waals surface area contributed by atoms with Gasteiger partial charge in [0.05, 0.1) is 6.61 Å².